The molecule has 3 nitrogen and oxygen atoms in total. The van der Waals surface area contributed by atoms with Crippen LogP contribution in [0.2, 0.25) is 0 Å². The van der Waals surface area contributed by atoms with Crippen molar-refractivity contribution in [3.8, 4) is 11.3 Å². The zero-order valence-electron chi connectivity index (χ0n) is 12.2. The molecule has 0 saturated heterocycles. The summed E-state index contributed by atoms with van der Waals surface area (Å²) in [5, 5.41) is 2.20. The smallest absolute Gasteiger partial charge is 0.0711 e. The molecule has 3 heteroatoms. The number of aromatic nitrogens is 2. The van der Waals surface area contributed by atoms with E-state index < -0.39 is 0 Å². The van der Waals surface area contributed by atoms with Crippen LogP contribution in [0.3, 0.4) is 0 Å². The normalized spacial score (nSPS) is 11.1. The van der Waals surface area contributed by atoms with E-state index in [1.807, 2.05) is 37.3 Å². The molecule has 0 unspecified atom stereocenters. The SMILES string of the molecule is Cc1ccc2ccc(-c3ccc4cc(N)ccc4n3)cc2n1. The molecule has 4 aromatic rings. The molecule has 0 aliphatic heterocycles. The Morgan fingerprint density at radius 3 is 2.45 bits per heavy atom. The minimum atomic E-state index is 0.757. The van der Waals surface area contributed by atoms with Crippen molar-refractivity contribution < 1.29 is 0 Å². The van der Waals surface area contributed by atoms with Crippen molar-refractivity contribution >= 4 is 27.5 Å². The van der Waals surface area contributed by atoms with Gasteiger partial charge in [0.1, 0.15) is 0 Å². The number of nitrogen functional groups attached to an aromatic ring is 1. The predicted molar refractivity (Wildman–Crippen MR) is 91.6 cm³/mol. The molecule has 0 aliphatic carbocycles. The zero-order valence-corrected chi connectivity index (χ0v) is 12.2. The molecule has 106 valence electrons. The molecule has 0 bridgehead atoms. The zero-order chi connectivity index (χ0) is 15.1. The Balaban J connectivity index is 1.88. The lowest BCUT2D eigenvalue weighted by Gasteiger charge is -2.06. The molecule has 0 fully saturated rings. The summed E-state index contributed by atoms with van der Waals surface area (Å²) >= 11 is 0. The molecule has 0 saturated carbocycles. The molecule has 2 heterocycles. The molecule has 0 amide bonds. The summed E-state index contributed by atoms with van der Waals surface area (Å²) in [5.74, 6) is 0. The summed E-state index contributed by atoms with van der Waals surface area (Å²) in [6, 6.07) is 20.3. The average molecular weight is 285 g/mol. The van der Waals surface area contributed by atoms with Crippen molar-refractivity contribution in [3.05, 3.63) is 66.4 Å². The van der Waals surface area contributed by atoms with E-state index in [-0.39, 0.29) is 0 Å². The van der Waals surface area contributed by atoms with Crippen LogP contribution in [0.1, 0.15) is 5.69 Å². The van der Waals surface area contributed by atoms with E-state index in [1.165, 1.54) is 0 Å². The fourth-order valence-corrected chi connectivity index (χ4v) is 2.68. The van der Waals surface area contributed by atoms with E-state index in [1.54, 1.807) is 0 Å². The molecular formula is C19H15N3. The Labute approximate surface area is 128 Å². The van der Waals surface area contributed by atoms with Crippen molar-refractivity contribution in [3.63, 3.8) is 0 Å². The summed E-state index contributed by atoms with van der Waals surface area (Å²) in [6.45, 7) is 2.00. The minimum Gasteiger partial charge on any atom is -0.399 e. The second-order valence-electron chi connectivity index (χ2n) is 5.51. The van der Waals surface area contributed by atoms with Gasteiger partial charge >= 0.3 is 0 Å². The summed E-state index contributed by atoms with van der Waals surface area (Å²) in [7, 11) is 0. The fraction of sp³-hybridized carbons (Fsp3) is 0.0526. The molecule has 0 radical (unpaired) electrons. The van der Waals surface area contributed by atoms with Crippen molar-refractivity contribution in [2.75, 3.05) is 5.73 Å². The van der Waals surface area contributed by atoms with Gasteiger partial charge in [0.2, 0.25) is 0 Å². The first-order chi connectivity index (χ1) is 10.7. The van der Waals surface area contributed by atoms with Gasteiger partial charge in [0.25, 0.3) is 0 Å². The van der Waals surface area contributed by atoms with Crippen LogP contribution in [0, 0.1) is 6.92 Å². The summed E-state index contributed by atoms with van der Waals surface area (Å²) < 4.78 is 0. The van der Waals surface area contributed by atoms with Crippen molar-refractivity contribution in [1.82, 2.24) is 9.97 Å². The van der Waals surface area contributed by atoms with Crippen molar-refractivity contribution in [1.29, 1.82) is 0 Å². The van der Waals surface area contributed by atoms with Gasteiger partial charge in [0, 0.05) is 27.7 Å². The number of rotatable bonds is 1. The van der Waals surface area contributed by atoms with Crippen LogP contribution in [-0.2, 0) is 0 Å². The highest BCUT2D eigenvalue weighted by Crippen LogP contribution is 2.25. The Kier molecular flexibility index (Phi) is 2.79. The number of nitrogens with zero attached hydrogens (tertiary/aromatic N) is 2. The third kappa shape index (κ3) is 2.17. The lowest BCUT2D eigenvalue weighted by atomic mass is 10.1. The molecule has 0 atom stereocenters. The molecule has 2 aromatic heterocycles. The van der Waals surface area contributed by atoms with Gasteiger partial charge in [-0.3, -0.25) is 4.98 Å². The van der Waals surface area contributed by atoms with Crippen LogP contribution in [0.4, 0.5) is 5.69 Å². The summed E-state index contributed by atoms with van der Waals surface area (Å²) in [6.07, 6.45) is 0. The number of fused-ring (bicyclic) bond motifs is 2. The highest BCUT2D eigenvalue weighted by molar-refractivity contribution is 5.87. The highest BCUT2D eigenvalue weighted by atomic mass is 14.7. The largest absolute Gasteiger partial charge is 0.399 e. The number of hydrogen-bond donors (Lipinski definition) is 1. The third-order valence-corrected chi connectivity index (χ3v) is 3.84. The van der Waals surface area contributed by atoms with E-state index in [9.17, 15) is 0 Å². The minimum absolute atomic E-state index is 0.757. The van der Waals surface area contributed by atoms with Crippen LogP contribution in [0.25, 0.3) is 33.1 Å². The number of anilines is 1. The topological polar surface area (TPSA) is 51.8 Å². The molecular weight excluding hydrogens is 270 g/mol. The predicted octanol–water partition coefficient (Wildman–Crippen LogP) is 4.34. The van der Waals surface area contributed by atoms with Gasteiger partial charge in [-0.15, -0.1) is 0 Å². The lowest BCUT2D eigenvalue weighted by molar-refractivity contribution is 1.25. The maximum Gasteiger partial charge on any atom is 0.0711 e. The van der Waals surface area contributed by atoms with Crippen LogP contribution in [0.15, 0.2) is 60.7 Å². The van der Waals surface area contributed by atoms with Crippen molar-refractivity contribution in [2.45, 2.75) is 6.92 Å². The van der Waals surface area contributed by atoms with Crippen LogP contribution >= 0.6 is 0 Å². The van der Waals surface area contributed by atoms with E-state index in [0.29, 0.717) is 0 Å². The Hall–Kier alpha value is -2.94. The summed E-state index contributed by atoms with van der Waals surface area (Å²) in [4.78, 5) is 9.32. The highest BCUT2D eigenvalue weighted by Gasteiger charge is 2.04. The maximum absolute atomic E-state index is 5.81. The van der Waals surface area contributed by atoms with Crippen LogP contribution in [0.5, 0.6) is 0 Å². The summed E-state index contributed by atoms with van der Waals surface area (Å²) in [5.41, 5.74) is 11.6. The third-order valence-electron chi connectivity index (χ3n) is 3.84. The number of nitrogens with two attached hydrogens (primary N) is 1. The quantitative estimate of drug-likeness (QED) is 0.529. The maximum atomic E-state index is 5.81. The Morgan fingerprint density at radius 1 is 0.727 bits per heavy atom. The van der Waals surface area contributed by atoms with Gasteiger partial charge < -0.3 is 5.73 Å². The van der Waals surface area contributed by atoms with Gasteiger partial charge in [-0.05, 0) is 43.3 Å². The van der Waals surface area contributed by atoms with Crippen LogP contribution in [-0.4, -0.2) is 9.97 Å². The first-order valence-electron chi connectivity index (χ1n) is 7.23. The van der Waals surface area contributed by atoms with Crippen molar-refractivity contribution in [2.24, 2.45) is 0 Å². The number of pyridine rings is 2. The number of hydrogen-bond acceptors (Lipinski definition) is 3. The lowest BCUT2D eigenvalue weighted by Crippen LogP contribution is -1.89. The van der Waals surface area contributed by atoms with Gasteiger partial charge in [-0.25, -0.2) is 4.98 Å². The molecule has 0 spiro atoms. The molecule has 2 aromatic carbocycles. The van der Waals surface area contributed by atoms with E-state index in [0.717, 1.165) is 44.4 Å². The second-order valence-corrected chi connectivity index (χ2v) is 5.51. The van der Waals surface area contributed by atoms with Gasteiger partial charge in [-0.2, -0.15) is 0 Å². The van der Waals surface area contributed by atoms with Crippen LogP contribution < -0.4 is 5.73 Å². The van der Waals surface area contributed by atoms with E-state index in [2.05, 4.69) is 35.3 Å². The molecule has 4 rings (SSSR count). The van der Waals surface area contributed by atoms with E-state index in [4.69, 9.17) is 10.7 Å². The molecule has 0 aliphatic rings. The van der Waals surface area contributed by atoms with Gasteiger partial charge in [-0.1, -0.05) is 24.3 Å². The average Bonchev–Trinajstić information content (AvgIpc) is 2.53. The standard InChI is InChI=1S/C19H15N3/c1-12-2-3-13-4-5-15(11-19(13)21-12)17-8-6-14-10-16(20)7-9-18(14)22-17/h2-11H,20H2,1H3. The first kappa shape index (κ1) is 12.8. The monoisotopic (exact) mass is 285 g/mol. The van der Waals surface area contributed by atoms with Gasteiger partial charge in [0.05, 0.1) is 16.7 Å². The van der Waals surface area contributed by atoms with Gasteiger partial charge in [0.15, 0.2) is 0 Å². The first-order valence-corrected chi connectivity index (χ1v) is 7.23. The Bertz CT molecular complexity index is 1010. The molecule has 22 heavy (non-hydrogen) atoms. The Morgan fingerprint density at radius 2 is 1.55 bits per heavy atom. The van der Waals surface area contributed by atoms with E-state index >= 15 is 0 Å². The second kappa shape index (κ2) is 4.81. The number of aryl methyl sites for hydroxylation is 1. The fourth-order valence-electron chi connectivity index (χ4n) is 2.68. The molecule has 2 N–H and O–H groups in total. The number of benzene rings is 2.